The van der Waals surface area contributed by atoms with E-state index in [4.69, 9.17) is 4.42 Å². The van der Waals surface area contributed by atoms with E-state index in [1.54, 1.807) is 24.3 Å². The molecule has 1 aromatic heterocycles. The molecule has 3 aromatic carbocycles. The molecule has 0 unspecified atom stereocenters. The Labute approximate surface area is 159 Å². The lowest BCUT2D eigenvalue weighted by atomic mass is 9.99. The van der Waals surface area contributed by atoms with E-state index in [0.717, 1.165) is 6.07 Å². The van der Waals surface area contributed by atoms with E-state index >= 15 is 0 Å². The smallest absolute Gasteiger partial charge is 0.197 e. The van der Waals surface area contributed by atoms with Gasteiger partial charge in [0.2, 0.25) is 0 Å². The van der Waals surface area contributed by atoms with Gasteiger partial charge in [-0.05, 0) is 18.2 Å². The number of hydrogen-bond acceptors (Lipinski definition) is 6. The summed E-state index contributed by atoms with van der Waals surface area (Å²) in [6, 6.07) is 15.3. The van der Waals surface area contributed by atoms with E-state index in [9.17, 15) is 25.2 Å². The fourth-order valence-corrected chi connectivity index (χ4v) is 3.17. The highest BCUT2D eigenvalue weighted by atomic mass is 16.3. The fourth-order valence-electron chi connectivity index (χ4n) is 3.17. The predicted octanol–water partition coefficient (Wildman–Crippen LogP) is 3.87. The summed E-state index contributed by atoms with van der Waals surface area (Å²) < 4.78 is 5.90. The third kappa shape index (κ3) is 3.01. The standard InChI is InChI=1S/C22H16O6/c23-14-6-7-16(24)13(8-14)9-15-17(25)10-18(26)21-19(27)11-20(28-22(15)21)12-4-2-1-3-5-12/h1-8,10-11,23-26H,9H2. The van der Waals surface area contributed by atoms with Crippen LogP contribution in [-0.4, -0.2) is 20.4 Å². The van der Waals surface area contributed by atoms with Gasteiger partial charge in [0, 0.05) is 35.2 Å². The van der Waals surface area contributed by atoms with Crippen LogP contribution in [0.25, 0.3) is 22.3 Å². The van der Waals surface area contributed by atoms with Crippen molar-refractivity contribution in [1.29, 1.82) is 0 Å². The van der Waals surface area contributed by atoms with Crippen molar-refractivity contribution >= 4 is 11.0 Å². The van der Waals surface area contributed by atoms with E-state index in [0.29, 0.717) is 11.1 Å². The van der Waals surface area contributed by atoms with Crippen molar-refractivity contribution in [2.24, 2.45) is 0 Å². The van der Waals surface area contributed by atoms with Crippen molar-refractivity contribution in [3.05, 3.63) is 82.0 Å². The summed E-state index contributed by atoms with van der Waals surface area (Å²) in [4.78, 5) is 12.6. The molecule has 4 aromatic rings. The maximum Gasteiger partial charge on any atom is 0.197 e. The van der Waals surface area contributed by atoms with Crippen molar-refractivity contribution in [1.82, 2.24) is 0 Å². The summed E-state index contributed by atoms with van der Waals surface area (Å²) in [6.45, 7) is 0. The van der Waals surface area contributed by atoms with Gasteiger partial charge in [-0.3, -0.25) is 4.79 Å². The zero-order valence-corrected chi connectivity index (χ0v) is 14.6. The van der Waals surface area contributed by atoms with Crippen LogP contribution in [0.1, 0.15) is 11.1 Å². The van der Waals surface area contributed by atoms with Crippen LogP contribution in [0.15, 0.2) is 69.9 Å². The van der Waals surface area contributed by atoms with E-state index in [-0.39, 0.29) is 46.0 Å². The minimum Gasteiger partial charge on any atom is -0.508 e. The summed E-state index contributed by atoms with van der Waals surface area (Å²) in [7, 11) is 0. The first-order chi connectivity index (χ1) is 13.4. The van der Waals surface area contributed by atoms with Gasteiger partial charge in [0.15, 0.2) is 5.43 Å². The van der Waals surface area contributed by atoms with E-state index in [2.05, 4.69) is 0 Å². The number of rotatable bonds is 3. The summed E-state index contributed by atoms with van der Waals surface area (Å²) in [5, 5.41) is 40.3. The second-order valence-electron chi connectivity index (χ2n) is 6.43. The highest BCUT2D eigenvalue weighted by Crippen LogP contribution is 2.37. The molecule has 0 aliphatic rings. The second-order valence-corrected chi connectivity index (χ2v) is 6.43. The Morgan fingerprint density at radius 1 is 0.786 bits per heavy atom. The molecule has 4 rings (SSSR count). The van der Waals surface area contributed by atoms with Crippen LogP contribution in [-0.2, 0) is 6.42 Å². The van der Waals surface area contributed by atoms with Crippen LogP contribution in [0, 0.1) is 0 Å². The monoisotopic (exact) mass is 376 g/mol. The first kappa shape index (κ1) is 17.5. The topological polar surface area (TPSA) is 111 Å². The summed E-state index contributed by atoms with van der Waals surface area (Å²) in [6.07, 6.45) is -0.0238. The summed E-state index contributed by atoms with van der Waals surface area (Å²) in [5.41, 5.74) is 0.764. The lowest BCUT2D eigenvalue weighted by molar-refractivity contribution is 0.445. The van der Waals surface area contributed by atoms with E-state index in [1.807, 2.05) is 6.07 Å². The average Bonchev–Trinajstić information content (AvgIpc) is 2.67. The van der Waals surface area contributed by atoms with Gasteiger partial charge in [0.1, 0.15) is 39.7 Å². The lowest BCUT2D eigenvalue weighted by Crippen LogP contribution is -2.03. The van der Waals surface area contributed by atoms with Crippen molar-refractivity contribution in [3.63, 3.8) is 0 Å². The molecule has 0 atom stereocenters. The van der Waals surface area contributed by atoms with Crippen molar-refractivity contribution in [3.8, 4) is 34.3 Å². The van der Waals surface area contributed by atoms with E-state index < -0.39 is 11.2 Å². The van der Waals surface area contributed by atoms with Gasteiger partial charge in [0.25, 0.3) is 0 Å². The van der Waals surface area contributed by atoms with Crippen LogP contribution in [0.4, 0.5) is 0 Å². The first-order valence-electron chi connectivity index (χ1n) is 8.52. The molecule has 6 heteroatoms. The molecule has 0 aliphatic heterocycles. The van der Waals surface area contributed by atoms with Crippen molar-refractivity contribution in [2.45, 2.75) is 6.42 Å². The Kier molecular flexibility index (Phi) is 4.16. The molecule has 6 nitrogen and oxygen atoms in total. The SMILES string of the molecule is O=c1cc(-c2ccccc2)oc2c(Cc3cc(O)ccc3O)c(O)cc(O)c12. The fraction of sp³-hybridized carbons (Fsp3) is 0.0455. The number of benzene rings is 3. The van der Waals surface area contributed by atoms with Crippen LogP contribution in [0.5, 0.6) is 23.0 Å². The average molecular weight is 376 g/mol. The maximum atomic E-state index is 12.6. The van der Waals surface area contributed by atoms with Gasteiger partial charge in [-0.25, -0.2) is 0 Å². The molecular formula is C22H16O6. The molecule has 0 radical (unpaired) electrons. The number of phenols is 4. The third-order valence-corrected chi connectivity index (χ3v) is 4.55. The van der Waals surface area contributed by atoms with Crippen LogP contribution in [0.3, 0.4) is 0 Å². The molecule has 0 saturated carbocycles. The van der Waals surface area contributed by atoms with Crippen LogP contribution < -0.4 is 5.43 Å². The lowest BCUT2D eigenvalue weighted by Gasteiger charge is -2.12. The van der Waals surface area contributed by atoms with Gasteiger partial charge in [-0.15, -0.1) is 0 Å². The molecule has 0 fully saturated rings. The minimum atomic E-state index is -0.459. The molecule has 0 amide bonds. The quantitative estimate of drug-likeness (QED) is 0.404. The molecule has 0 saturated heterocycles. The summed E-state index contributed by atoms with van der Waals surface area (Å²) >= 11 is 0. The van der Waals surface area contributed by atoms with Gasteiger partial charge < -0.3 is 24.8 Å². The van der Waals surface area contributed by atoms with E-state index in [1.165, 1.54) is 24.3 Å². The number of fused-ring (bicyclic) bond motifs is 1. The van der Waals surface area contributed by atoms with Crippen molar-refractivity contribution < 1.29 is 24.8 Å². The van der Waals surface area contributed by atoms with Gasteiger partial charge in [0.05, 0.1) is 0 Å². The Bertz CT molecular complexity index is 1240. The Morgan fingerprint density at radius 2 is 1.54 bits per heavy atom. The number of aromatic hydroxyl groups is 4. The van der Waals surface area contributed by atoms with Crippen LogP contribution in [0.2, 0.25) is 0 Å². The zero-order chi connectivity index (χ0) is 19.8. The number of phenolic OH excluding ortho intramolecular Hbond substituents is 4. The highest BCUT2D eigenvalue weighted by molar-refractivity contribution is 5.89. The molecule has 140 valence electrons. The predicted molar refractivity (Wildman–Crippen MR) is 104 cm³/mol. The molecule has 28 heavy (non-hydrogen) atoms. The maximum absolute atomic E-state index is 12.6. The minimum absolute atomic E-state index is 0.0200. The summed E-state index contributed by atoms with van der Waals surface area (Å²) in [5.74, 6) is -0.544. The Balaban J connectivity index is 1.98. The molecule has 1 heterocycles. The molecule has 0 spiro atoms. The molecule has 4 N–H and O–H groups in total. The van der Waals surface area contributed by atoms with Crippen molar-refractivity contribution in [2.75, 3.05) is 0 Å². The van der Waals surface area contributed by atoms with Crippen LogP contribution >= 0.6 is 0 Å². The highest BCUT2D eigenvalue weighted by Gasteiger charge is 2.19. The normalized spacial score (nSPS) is 11.0. The van der Waals surface area contributed by atoms with Gasteiger partial charge in [-0.2, -0.15) is 0 Å². The largest absolute Gasteiger partial charge is 0.508 e. The Morgan fingerprint density at radius 3 is 2.29 bits per heavy atom. The van der Waals surface area contributed by atoms with Gasteiger partial charge >= 0.3 is 0 Å². The van der Waals surface area contributed by atoms with Gasteiger partial charge in [-0.1, -0.05) is 30.3 Å². The molecule has 0 bridgehead atoms. The molecular weight excluding hydrogens is 360 g/mol. The number of hydrogen-bond donors (Lipinski definition) is 4. The zero-order valence-electron chi connectivity index (χ0n) is 14.6. The Hall–Kier alpha value is -3.93. The second kappa shape index (κ2) is 6.66. The molecule has 0 aliphatic carbocycles. The third-order valence-electron chi connectivity index (χ3n) is 4.55. The first-order valence-corrected chi connectivity index (χ1v) is 8.52.